The first kappa shape index (κ1) is 19.6. The molecule has 0 saturated carbocycles. The maximum atomic E-state index is 13.7. The molecule has 0 aliphatic rings. The first-order valence-electron chi connectivity index (χ1n) is 6.68. The van der Waals surface area contributed by atoms with E-state index in [1.165, 1.54) is 0 Å². The van der Waals surface area contributed by atoms with Gasteiger partial charge in [-0.1, -0.05) is 24.8 Å². The van der Waals surface area contributed by atoms with Gasteiger partial charge in [-0.05, 0) is 11.6 Å². The molecule has 0 fully saturated rings. The van der Waals surface area contributed by atoms with Crippen molar-refractivity contribution in [3.63, 3.8) is 0 Å². The number of rotatable bonds is 6. The molecule has 12 heteroatoms. The summed E-state index contributed by atoms with van der Waals surface area (Å²) in [5.74, 6) is -7.52. The number of anilines is 1. The largest absolute Gasteiger partial charge is 0.449 e. The minimum Gasteiger partial charge on any atom is -0.449 e. The molecule has 0 bridgehead atoms. The molecule has 0 aliphatic carbocycles. The van der Waals surface area contributed by atoms with E-state index in [4.69, 9.17) is 10.3 Å². The van der Waals surface area contributed by atoms with Crippen molar-refractivity contribution in [3.8, 4) is 0 Å². The van der Waals surface area contributed by atoms with Crippen LogP contribution in [0.2, 0.25) is 25.7 Å². The second kappa shape index (κ2) is 7.88. The Balaban J connectivity index is 2.82. The summed E-state index contributed by atoms with van der Waals surface area (Å²) < 4.78 is 59.2. The van der Waals surface area contributed by atoms with Crippen molar-refractivity contribution in [2.45, 2.75) is 25.7 Å². The molecule has 1 aromatic rings. The van der Waals surface area contributed by atoms with Gasteiger partial charge in [0.1, 0.15) is 11.4 Å². The lowest BCUT2D eigenvalue weighted by molar-refractivity contribution is 0.154. The van der Waals surface area contributed by atoms with E-state index in [2.05, 4.69) is 10.0 Å². The molecule has 2 N–H and O–H groups in total. The van der Waals surface area contributed by atoms with Crippen LogP contribution in [0.25, 0.3) is 10.4 Å². The van der Waals surface area contributed by atoms with Gasteiger partial charge in [0.05, 0.1) is 6.61 Å². The standard InChI is InChI=1S/C12H15F4N5O2Si/c1-24(2,3)5-4-23-12(22)20-18-10-6(13)8(15)11(19-21-17)9(16)7(10)14/h18H,4-5H2,1-3H3,(H,20,22). The molecule has 0 unspecified atom stereocenters. The third kappa shape index (κ3) is 5.03. The molecule has 0 aliphatic heterocycles. The van der Waals surface area contributed by atoms with Crippen molar-refractivity contribution in [2.24, 2.45) is 5.11 Å². The van der Waals surface area contributed by atoms with Gasteiger partial charge in [-0.3, -0.25) is 5.43 Å². The van der Waals surface area contributed by atoms with Gasteiger partial charge in [-0.2, -0.15) is 0 Å². The van der Waals surface area contributed by atoms with E-state index >= 15 is 0 Å². The molecule has 7 nitrogen and oxygen atoms in total. The summed E-state index contributed by atoms with van der Waals surface area (Å²) in [6.45, 7) is 6.24. The van der Waals surface area contributed by atoms with Gasteiger partial charge in [0.15, 0.2) is 23.3 Å². The lowest BCUT2D eigenvalue weighted by Crippen LogP contribution is -2.32. The molecule has 0 atom stereocenters. The molecule has 0 radical (unpaired) electrons. The Hall–Kier alpha value is -2.46. The zero-order valence-corrected chi connectivity index (χ0v) is 14.1. The number of hydrogen-bond acceptors (Lipinski definition) is 4. The Labute approximate surface area is 135 Å². The topological polar surface area (TPSA) is 99.1 Å². The second-order valence-corrected chi connectivity index (χ2v) is 11.5. The maximum absolute atomic E-state index is 13.7. The van der Waals surface area contributed by atoms with E-state index in [9.17, 15) is 22.4 Å². The van der Waals surface area contributed by atoms with Crippen LogP contribution in [0.3, 0.4) is 0 Å². The van der Waals surface area contributed by atoms with Gasteiger partial charge in [0.25, 0.3) is 0 Å². The Kier molecular flexibility index (Phi) is 6.43. The van der Waals surface area contributed by atoms with Gasteiger partial charge >= 0.3 is 6.09 Å². The van der Waals surface area contributed by atoms with Crippen molar-refractivity contribution < 1.29 is 27.1 Å². The minimum absolute atomic E-state index is 0.0900. The summed E-state index contributed by atoms with van der Waals surface area (Å²) in [6.07, 6.45) is -1.08. The number of nitrogens with zero attached hydrogens (tertiary/aromatic N) is 3. The third-order valence-corrected chi connectivity index (χ3v) is 4.46. The van der Waals surface area contributed by atoms with Crippen LogP contribution in [0.4, 0.5) is 33.7 Å². The summed E-state index contributed by atoms with van der Waals surface area (Å²) in [5, 5.41) is 2.54. The number of ether oxygens (including phenoxy) is 1. The van der Waals surface area contributed by atoms with Crippen molar-refractivity contribution in [1.29, 1.82) is 0 Å². The average Bonchev–Trinajstić information content (AvgIpc) is 2.48. The van der Waals surface area contributed by atoms with E-state index in [0.717, 1.165) is 0 Å². The van der Waals surface area contributed by atoms with Crippen molar-refractivity contribution in [1.82, 2.24) is 5.43 Å². The molecule has 24 heavy (non-hydrogen) atoms. The molecular formula is C12H15F4N5O2Si. The van der Waals surface area contributed by atoms with Crippen LogP contribution in [0.15, 0.2) is 5.11 Å². The summed E-state index contributed by atoms with van der Waals surface area (Å²) in [7, 11) is -1.44. The van der Waals surface area contributed by atoms with E-state index in [1.54, 1.807) is 10.9 Å². The Morgan fingerprint density at radius 3 is 2.17 bits per heavy atom. The first-order chi connectivity index (χ1) is 11.1. The molecule has 0 aromatic heterocycles. The van der Waals surface area contributed by atoms with Crippen LogP contribution in [0.5, 0.6) is 0 Å². The number of hydrogen-bond donors (Lipinski definition) is 2. The number of nitrogens with one attached hydrogen (secondary N) is 2. The first-order valence-corrected chi connectivity index (χ1v) is 10.4. The van der Waals surface area contributed by atoms with Crippen molar-refractivity contribution >= 4 is 25.5 Å². The molecule has 0 heterocycles. The number of halogens is 4. The minimum atomic E-state index is -1.90. The lowest BCUT2D eigenvalue weighted by Gasteiger charge is -2.16. The fourth-order valence-electron chi connectivity index (χ4n) is 1.46. The zero-order valence-electron chi connectivity index (χ0n) is 13.1. The monoisotopic (exact) mass is 365 g/mol. The summed E-state index contributed by atoms with van der Waals surface area (Å²) in [5.41, 5.74) is 8.85. The summed E-state index contributed by atoms with van der Waals surface area (Å²) in [4.78, 5) is 13.5. The second-order valence-electron chi connectivity index (χ2n) is 5.87. The number of azide groups is 1. The van der Waals surface area contributed by atoms with Gasteiger partial charge in [-0.15, -0.1) is 0 Å². The molecule has 1 amide bonds. The quantitative estimate of drug-likeness (QED) is 0.147. The average molecular weight is 365 g/mol. The molecule has 1 aromatic carbocycles. The van der Waals surface area contributed by atoms with E-state index in [-0.39, 0.29) is 6.61 Å². The summed E-state index contributed by atoms with van der Waals surface area (Å²) >= 11 is 0. The highest BCUT2D eigenvalue weighted by Crippen LogP contribution is 2.32. The number of amides is 1. The number of carbonyl (C=O) groups excluding carboxylic acids is 1. The lowest BCUT2D eigenvalue weighted by atomic mass is 10.2. The highest BCUT2D eigenvalue weighted by molar-refractivity contribution is 6.76. The molecule has 0 saturated heterocycles. The van der Waals surface area contributed by atoms with Crippen LogP contribution in [0.1, 0.15) is 0 Å². The van der Waals surface area contributed by atoms with Crippen LogP contribution in [-0.2, 0) is 4.74 Å². The highest BCUT2D eigenvalue weighted by Gasteiger charge is 2.25. The summed E-state index contributed by atoms with van der Waals surface area (Å²) in [6, 6.07) is 0.660. The SMILES string of the molecule is C[Si](C)(C)CCOC(=O)NNc1c(F)c(F)c(N=[N+]=[N-])c(F)c1F. The number of benzene rings is 1. The third-order valence-electron chi connectivity index (χ3n) is 2.76. The fraction of sp³-hybridized carbons (Fsp3) is 0.417. The van der Waals surface area contributed by atoms with E-state index in [1.807, 2.05) is 19.6 Å². The van der Waals surface area contributed by atoms with Crippen LogP contribution in [0, 0.1) is 23.3 Å². The maximum Gasteiger partial charge on any atom is 0.425 e. The molecular weight excluding hydrogens is 350 g/mol. The van der Waals surface area contributed by atoms with Crippen molar-refractivity contribution in [2.75, 3.05) is 12.0 Å². The van der Waals surface area contributed by atoms with Gasteiger partial charge < -0.3 is 4.74 Å². The van der Waals surface area contributed by atoms with E-state index in [0.29, 0.717) is 6.04 Å². The Morgan fingerprint density at radius 1 is 1.17 bits per heavy atom. The fourth-order valence-corrected chi connectivity index (χ4v) is 2.18. The van der Waals surface area contributed by atoms with Gasteiger partial charge in [0.2, 0.25) is 0 Å². The van der Waals surface area contributed by atoms with Crippen LogP contribution < -0.4 is 10.9 Å². The predicted octanol–water partition coefficient (Wildman–Crippen LogP) is 4.58. The Morgan fingerprint density at radius 2 is 1.71 bits per heavy atom. The Bertz CT molecular complexity index is 660. The molecule has 0 spiro atoms. The highest BCUT2D eigenvalue weighted by atomic mass is 28.3. The normalized spacial score (nSPS) is 10.8. The molecule has 1 rings (SSSR count). The van der Waals surface area contributed by atoms with Crippen LogP contribution in [-0.4, -0.2) is 20.8 Å². The smallest absolute Gasteiger partial charge is 0.425 e. The van der Waals surface area contributed by atoms with Gasteiger partial charge in [-0.25, -0.2) is 27.8 Å². The van der Waals surface area contributed by atoms with Crippen LogP contribution >= 0.6 is 0 Å². The predicted molar refractivity (Wildman–Crippen MR) is 81.3 cm³/mol. The molecule has 132 valence electrons. The zero-order chi connectivity index (χ0) is 18.5. The van der Waals surface area contributed by atoms with E-state index < -0.39 is 48.8 Å². The number of hydrazine groups is 1. The number of carbonyl (C=O) groups is 1. The van der Waals surface area contributed by atoms with Gasteiger partial charge in [0, 0.05) is 13.0 Å². The van der Waals surface area contributed by atoms with Crippen molar-refractivity contribution in [3.05, 3.63) is 33.7 Å².